The van der Waals surface area contributed by atoms with E-state index in [0.29, 0.717) is 5.75 Å². The highest BCUT2D eigenvalue weighted by molar-refractivity contribution is 6.04. The van der Waals surface area contributed by atoms with Gasteiger partial charge in [-0.1, -0.05) is 54.6 Å². The lowest BCUT2D eigenvalue weighted by atomic mass is 10.1. The van der Waals surface area contributed by atoms with E-state index in [4.69, 9.17) is 15.2 Å². The van der Waals surface area contributed by atoms with Crippen molar-refractivity contribution in [1.29, 1.82) is 0 Å². The van der Waals surface area contributed by atoms with Crippen LogP contribution in [-0.4, -0.2) is 11.9 Å². The van der Waals surface area contributed by atoms with Gasteiger partial charge in [-0.25, -0.2) is 9.59 Å². The first-order valence-corrected chi connectivity index (χ1v) is 8.02. The fraction of sp³-hybridized carbons (Fsp3) is 0.0476. The van der Waals surface area contributed by atoms with Crippen LogP contribution in [0.2, 0.25) is 0 Å². The van der Waals surface area contributed by atoms with Crippen molar-refractivity contribution < 1.29 is 19.1 Å². The lowest BCUT2D eigenvalue weighted by Gasteiger charge is -2.11. The van der Waals surface area contributed by atoms with E-state index in [9.17, 15) is 9.59 Å². The summed E-state index contributed by atoms with van der Waals surface area (Å²) in [4.78, 5) is 24.7. The number of hydrogen-bond donors (Lipinski definition) is 1. The smallest absolute Gasteiger partial charge is 0.345 e. The number of nitrogens with two attached hydrogens (primary N) is 1. The van der Waals surface area contributed by atoms with Crippen LogP contribution in [0.15, 0.2) is 78.9 Å². The molecule has 0 aliphatic carbocycles. The number of rotatable bonds is 5. The molecule has 0 radical (unpaired) electrons. The summed E-state index contributed by atoms with van der Waals surface area (Å²) in [6, 6.07) is 22.5. The minimum Gasteiger partial charge on any atom is -0.457 e. The Morgan fingerprint density at radius 2 is 1.31 bits per heavy atom. The van der Waals surface area contributed by atoms with Crippen LogP contribution in [0.5, 0.6) is 5.75 Å². The van der Waals surface area contributed by atoms with Gasteiger partial charge in [-0.15, -0.1) is 0 Å². The van der Waals surface area contributed by atoms with E-state index in [0.717, 1.165) is 5.56 Å². The second kappa shape index (κ2) is 7.98. The molecule has 3 aromatic carbocycles. The Labute approximate surface area is 151 Å². The molecular formula is C21H17NO4. The van der Waals surface area contributed by atoms with Crippen molar-refractivity contribution in [3.8, 4) is 5.75 Å². The van der Waals surface area contributed by atoms with E-state index in [-0.39, 0.29) is 23.4 Å². The molecule has 0 unspecified atom stereocenters. The highest BCUT2D eigenvalue weighted by atomic mass is 16.5. The standard InChI is InChI=1S/C21H17NO4/c22-19-17(20(23)25-14-15-8-3-1-4-9-15)12-7-13-18(19)21(24)26-16-10-5-2-6-11-16/h1-13H,14,22H2. The van der Waals surface area contributed by atoms with Gasteiger partial charge in [0.05, 0.1) is 16.8 Å². The maximum Gasteiger partial charge on any atom is 0.345 e. The predicted molar refractivity (Wildman–Crippen MR) is 97.8 cm³/mol. The first-order chi connectivity index (χ1) is 12.6. The van der Waals surface area contributed by atoms with Crippen LogP contribution >= 0.6 is 0 Å². The Kier molecular flexibility index (Phi) is 5.29. The molecule has 5 nitrogen and oxygen atoms in total. The molecule has 0 aliphatic heterocycles. The Bertz CT molecular complexity index is 908. The van der Waals surface area contributed by atoms with Crippen molar-refractivity contribution in [2.24, 2.45) is 0 Å². The fourth-order valence-corrected chi connectivity index (χ4v) is 2.37. The van der Waals surface area contributed by atoms with Crippen LogP contribution < -0.4 is 10.5 Å². The van der Waals surface area contributed by atoms with Gasteiger partial charge in [0.1, 0.15) is 12.4 Å². The van der Waals surface area contributed by atoms with Crippen molar-refractivity contribution in [1.82, 2.24) is 0 Å². The monoisotopic (exact) mass is 347 g/mol. The number of para-hydroxylation sites is 2. The van der Waals surface area contributed by atoms with Crippen LogP contribution in [0.1, 0.15) is 26.3 Å². The molecule has 3 rings (SSSR count). The van der Waals surface area contributed by atoms with Gasteiger partial charge in [0.2, 0.25) is 0 Å². The molecule has 0 spiro atoms. The largest absolute Gasteiger partial charge is 0.457 e. The number of anilines is 1. The van der Waals surface area contributed by atoms with Crippen molar-refractivity contribution in [2.45, 2.75) is 6.61 Å². The SMILES string of the molecule is Nc1c(C(=O)OCc2ccccc2)cccc1C(=O)Oc1ccccc1. The first kappa shape index (κ1) is 17.2. The van der Waals surface area contributed by atoms with Gasteiger partial charge in [0, 0.05) is 0 Å². The summed E-state index contributed by atoms with van der Waals surface area (Å²) in [7, 11) is 0. The zero-order chi connectivity index (χ0) is 18.4. The Balaban J connectivity index is 1.74. The zero-order valence-corrected chi connectivity index (χ0v) is 13.9. The molecule has 0 saturated carbocycles. The zero-order valence-electron chi connectivity index (χ0n) is 13.9. The molecule has 2 N–H and O–H groups in total. The van der Waals surface area contributed by atoms with Crippen LogP contribution in [0.25, 0.3) is 0 Å². The summed E-state index contributed by atoms with van der Waals surface area (Å²) in [5, 5.41) is 0. The summed E-state index contributed by atoms with van der Waals surface area (Å²) in [6.45, 7) is 0.123. The molecule has 5 heteroatoms. The summed E-state index contributed by atoms with van der Waals surface area (Å²) >= 11 is 0. The lowest BCUT2D eigenvalue weighted by Crippen LogP contribution is -2.15. The first-order valence-electron chi connectivity index (χ1n) is 8.02. The highest BCUT2D eigenvalue weighted by Gasteiger charge is 2.19. The second-order valence-electron chi connectivity index (χ2n) is 5.53. The van der Waals surface area contributed by atoms with E-state index >= 15 is 0 Å². The van der Waals surface area contributed by atoms with E-state index in [2.05, 4.69) is 0 Å². The van der Waals surface area contributed by atoms with Crippen molar-refractivity contribution >= 4 is 17.6 Å². The van der Waals surface area contributed by atoms with Crippen LogP contribution in [0.3, 0.4) is 0 Å². The topological polar surface area (TPSA) is 78.6 Å². The minimum atomic E-state index is -0.633. The average Bonchev–Trinajstić information content (AvgIpc) is 2.68. The number of hydrogen-bond acceptors (Lipinski definition) is 5. The third-order valence-corrected chi connectivity index (χ3v) is 3.71. The summed E-state index contributed by atoms with van der Waals surface area (Å²) in [5.74, 6) is -0.832. The molecule has 0 atom stereocenters. The van der Waals surface area contributed by atoms with Crippen molar-refractivity contribution in [2.75, 3.05) is 5.73 Å². The number of ether oxygens (including phenoxy) is 2. The lowest BCUT2D eigenvalue weighted by molar-refractivity contribution is 0.0474. The van der Waals surface area contributed by atoms with E-state index in [1.807, 2.05) is 36.4 Å². The van der Waals surface area contributed by atoms with Crippen LogP contribution in [0, 0.1) is 0 Å². The Hall–Kier alpha value is -3.60. The summed E-state index contributed by atoms with van der Waals surface area (Å²) in [5.41, 5.74) is 7.14. The third kappa shape index (κ3) is 4.08. The Morgan fingerprint density at radius 3 is 1.96 bits per heavy atom. The number of carbonyl (C=O) groups excluding carboxylic acids is 2. The van der Waals surface area contributed by atoms with Gasteiger partial charge >= 0.3 is 11.9 Å². The molecule has 0 aliphatic rings. The van der Waals surface area contributed by atoms with Crippen molar-refractivity contribution in [3.05, 3.63) is 95.6 Å². The normalized spacial score (nSPS) is 10.2. The predicted octanol–water partition coefficient (Wildman–Crippen LogP) is 3.85. The molecular weight excluding hydrogens is 330 g/mol. The molecule has 3 aromatic rings. The van der Waals surface area contributed by atoms with Gasteiger partial charge < -0.3 is 15.2 Å². The third-order valence-electron chi connectivity index (χ3n) is 3.71. The number of nitrogen functional groups attached to an aromatic ring is 1. The Morgan fingerprint density at radius 1 is 0.731 bits per heavy atom. The maximum atomic E-state index is 12.3. The summed E-state index contributed by atoms with van der Waals surface area (Å²) in [6.07, 6.45) is 0. The molecule has 0 amide bonds. The minimum absolute atomic E-state index is 0.0338. The quantitative estimate of drug-likeness (QED) is 0.431. The molecule has 0 bridgehead atoms. The van der Waals surface area contributed by atoms with Gasteiger partial charge in [-0.2, -0.15) is 0 Å². The van der Waals surface area contributed by atoms with Gasteiger partial charge in [0.25, 0.3) is 0 Å². The van der Waals surface area contributed by atoms with Crippen LogP contribution in [-0.2, 0) is 11.3 Å². The van der Waals surface area contributed by atoms with E-state index < -0.39 is 11.9 Å². The van der Waals surface area contributed by atoms with Crippen LogP contribution in [0.4, 0.5) is 5.69 Å². The second-order valence-corrected chi connectivity index (χ2v) is 5.53. The van der Waals surface area contributed by atoms with Gasteiger partial charge in [-0.3, -0.25) is 0 Å². The fourth-order valence-electron chi connectivity index (χ4n) is 2.37. The average molecular weight is 347 g/mol. The molecule has 0 aromatic heterocycles. The maximum absolute atomic E-state index is 12.3. The molecule has 26 heavy (non-hydrogen) atoms. The number of benzene rings is 3. The number of carbonyl (C=O) groups is 2. The molecule has 0 heterocycles. The van der Waals surface area contributed by atoms with Gasteiger partial charge in [0.15, 0.2) is 0 Å². The van der Waals surface area contributed by atoms with E-state index in [1.165, 1.54) is 12.1 Å². The molecule has 0 saturated heterocycles. The van der Waals surface area contributed by atoms with E-state index in [1.54, 1.807) is 30.3 Å². The highest BCUT2D eigenvalue weighted by Crippen LogP contribution is 2.21. The molecule has 0 fully saturated rings. The number of esters is 2. The summed E-state index contributed by atoms with van der Waals surface area (Å²) < 4.78 is 10.6. The van der Waals surface area contributed by atoms with Crippen molar-refractivity contribution in [3.63, 3.8) is 0 Å². The van der Waals surface area contributed by atoms with Gasteiger partial charge in [-0.05, 0) is 29.8 Å². The molecule has 130 valence electrons.